The van der Waals surface area contributed by atoms with Crippen LogP contribution in [0.2, 0.25) is 0 Å². The molecule has 4 rings (SSSR count). The number of carbonyl (C=O) groups is 1. The second-order valence-corrected chi connectivity index (χ2v) is 8.05. The molecule has 0 radical (unpaired) electrons. The average molecular weight is 433 g/mol. The van der Waals surface area contributed by atoms with Gasteiger partial charge in [0.25, 0.3) is 0 Å². The van der Waals surface area contributed by atoms with E-state index < -0.39 is 30.1 Å². The van der Waals surface area contributed by atoms with E-state index in [1.54, 1.807) is 0 Å². The van der Waals surface area contributed by atoms with Gasteiger partial charge in [0.2, 0.25) is 5.91 Å². The van der Waals surface area contributed by atoms with Crippen molar-refractivity contribution in [2.24, 2.45) is 0 Å². The van der Waals surface area contributed by atoms with Gasteiger partial charge >= 0.3 is 6.18 Å². The number of nitrogens with one attached hydrogen (secondary N) is 1. The maximum absolute atomic E-state index is 13.4. The van der Waals surface area contributed by atoms with Crippen molar-refractivity contribution in [3.8, 4) is 0 Å². The van der Waals surface area contributed by atoms with Crippen LogP contribution in [0.4, 0.5) is 27.8 Å². The lowest BCUT2D eigenvalue weighted by Crippen LogP contribution is -2.51. The number of alkyl halides is 5. The molecule has 3 fully saturated rings. The highest BCUT2D eigenvalue weighted by molar-refractivity contribution is 5.82. The van der Waals surface area contributed by atoms with E-state index in [0.29, 0.717) is 45.0 Å². The van der Waals surface area contributed by atoms with Gasteiger partial charge in [-0.15, -0.1) is 0 Å². The van der Waals surface area contributed by atoms with Crippen molar-refractivity contribution in [1.82, 2.24) is 20.1 Å². The molecule has 0 aromatic carbocycles. The van der Waals surface area contributed by atoms with Crippen molar-refractivity contribution in [2.45, 2.75) is 37.0 Å². The van der Waals surface area contributed by atoms with E-state index in [0.717, 1.165) is 12.3 Å². The van der Waals surface area contributed by atoms with E-state index in [2.05, 4.69) is 15.2 Å². The van der Waals surface area contributed by atoms with Crippen molar-refractivity contribution < 1.29 is 26.7 Å². The summed E-state index contributed by atoms with van der Waals surface area (Å²) < 4.78 is 64.8. The van der Waals surface area contributed by atoms with E-state index >= 15 is 0 Å². The zero-order chi connectivity index (χ0) is 21.5. The van der Waals surface area contributed by atoms with Gasteiger partial charge in [0.1, 0.15) is 5.82 Å². The van der Waals surface area contributed by atoms with Gasteiger partial charge in [-0.1, -0.05) is 0 Å². The number of likely N-dealkylation sites (tertiary alicyclic amines) is 1. The molecule has 0 aliphatic carbocycles. The summed E-state index contributed by atoms with van der Waals surface area (Å²) in [5, 5.41) is 3.16. The van der Waals surface area contributed by atoms with Crippen LogP contribution in [-0.4, -0.2) is 90.9 Å². The number of nitrogens with zero attached hydrogens (tertiary/aromatic N) is 4. The van der Waals surface area contributed by atoms with Gasteiger partial charge < -0.3 is 15.1 Å². The summed E-state index contributed by atoms with van der Waals surface area (Å²) in [4.78, 5) is 21.9. The van der Waals surface area contributed by atoms with Gasteiger partial charge in [-0.3, -0.25) is 9.69 Å². The Kier molecular flexibility index (Phi) is 5.84. The van der Waals surface area contributed by atoms with Crippen molar-refractivity contribution >= 4 is 11.7 Å². The minimum Gasteiger partial charge on any atom is -0.354 e. The van der Waals surface area contributed by atoms with Crippen LogP contribution in [0.1, 0.15) is 12.0 Å². The largest absolute Gasteiger partial charge is 0.417 e. The topological polar surface area (TPSA) is 51.7 Å². The standard InChI is InChI=1S/C19H24F5N5O/c20-14-10-29(11-15(14)21)18(30)16-7-13(9-25-16)27-3-5-28(6-4-27)17-2-1-12(8-26-17)19(22,23)24/h1-2,8,13-16,25H,3-7,9-11H2/t13-,14-,15+,16-/m0/s1. The number of halogens is 5. The highest BCUT2D eigenvalue weighted by atomic mass is 19.4. The summed E-state index contributed by atoms with van der Waals surface area (Å²) in [5.74, 6) is 0.253. The summed E-state index contributed by atoms with van der Waals surface area (Å²) in [6, 6.07) is 2.11. The van der Waals surface area contributed by atoms with Crippen LogP contribution in [-0.2, 0) is 11.0 Å². The first-order valence-electron chi connectivity index (χ1n) is 10.0. The lowest BCUT2D eigenvalue weighted by Gasteiger charge is -2.38. The molecule has 1 aromatic rings. The number of pyridine rings is 1. The molecule has 166 valence electrons. The third-order valence-electron chi connectivity index (χ3n) is 6.13. The SMILES string of the molecule is O=C([C@@H]1C[C@H](N2CCN(c3ccc(C(F)(F)F)cn3)CC2)CN1)N1C[C@@H](F)[C@@H](F)C1. The number of anilines is 1. The van der Waals surface area contributed by atoms with Gasteiger partial charge in [-0.25, -0.2) is 13.8 Å². The molecule has 0 bridgehead atoms. The number of carbonyl (C=O) groups excluding carboxylic acids is 1. The molecule has 1 aromatic heterocycles. The van der Waals surface area contributed by atoms with E-state index in [9.17, 15) is 26.7 Å². The van der Waals surface area contributed by atoms with Crippen LogP contribution in [0.3, 0.4) is 0 Å². The second-order valence-electron chi connectivity index (χ2n) is 8.05. The first-order valence-corrected chi connectivity index (χ1v) is 10.0. The molecule has 0 saturated carbocycles. The zero-order valence-electron chi connectivity index (χ0n) is 16.3. The van der Waals surface area contributed by atoms with Crippen molar-refractivity contribution in [2.75, 3.05) is 50.7 Å². The summed E-state index contributed by atoms with van der Waals surface area (Å²) in [6.45, 7) is 2.85. The minimum atomic E-state index is -4.40. The van der Waals surface area contributed by atoms with E-state index in [-0.39, 0.29) is 25.0 Å². The molecule has 0 spiro atoms. The Balaban J connectivity index is 1.27. The Morgan fingerprint density at radius 2 is 1.73 bits per heavy atom. The van der Waals surface area contributed by atoms with Gasteiger partial charge in [-0.2, -0.15) is 13.2 Å². The number of rotatable bonds is 3. The summed E-state index contributed by atoms with van der Waals surface area (Å²) in [7, 11) is 0. The van der Waals surface area contributed by atoms with Crippen LogP contribution in [0.5, 0.6) is 0 Å². The molecule has 4 heterocycles. The van der Waals surface area contributed by atoms with Crippen molar-refractivity contribution in [3.05, 3.63) is 23.9 Å². The quantitative estimate of drug-likeness (QED) is 0.732. The molecule has 11 heteroatoms. The fourth-order valence-corrected chi connectivity index (χ4v) is 4.37. The summed E-state index contributed by atoms with van der Waals surface area (Å²) >= 11 is 0. The molecule has 0 unspecified atom stereocenters. The Morgan fingerprint density at radius 1 is 1.07 bits per heavy atom. The third kappa shape index (κ3) is 4.36. The maximum Gasteiger partial charge on any atom is 0.417 e. The van der Waals surface area contributed by atoms with E-state index in [4.69, 9.17) is 0 Å². The fraction of sp³-hybridized carbons (Fsp3) is 0.684. The molecule has 30 heavy (non-hydrogen) atoms. The molecule has 4 atom stereocenters. The molecular formula is C19H24F5N5O. The lowest BCUT2D eigenvalue weighted by atomic mass is 10.1. The Hall–Kier alpha value is -2.01. The molecule has 1 amide bonds. The Bertz CT molecular complexity index is 743. The zero-order valence-corrected chi connectivity index (χ0v) is 16.3. The number of piperazine rings is 1. The smallest absolute Gasteiger partial charge is 0.354 e. The van der Waals surface area contributed by atoms with Crippen LogP contribution in [0, 0.1) is 0 Å². The molecule has 3 saturated heterocycles. The molecular weight excluding hydrogens is 409 g/mol. The Labute approximate surface area is 171 Å². The minimum absolute atomic E-state index is 0.131. The summed E-state index contributed by atoms with van der Waals surface area (Å²) in [6.07, 6.45) is -6.21. The third-order valence-corrected chi connectivity index (χ3v) is 6.13. The normalized spacial score (nSPS) is 30.8. The van der Waals surface area contributed by atoms with Gasteiger partial charge in [0.05, 0.1) is 24.7 Å². The second kappa shape index (κ2) is 8.26. The van der Waals surface area contributed by atoms with Crippen molar-refractivity contribution in [3.63, 3.8) is 0 Å². The predicted molar refractivity (Wildman–Crippen MR) is 99.6 cm³/mol. The molecule has 3 aliphatic rings. The first kappa shape index (κ1) is 21.2. The maximum atomic E-state index is 13.4. The highest BCUT2D eigenvalue weighted by Crippen LogP contribution is 2.29. The van der Waals surface area contributed by atoms with Crippen LogP contribution in [0.15, 0.2) is 18.3 Å². The number of amides is 1. The lowest BCUT2D eigenvalue weighted by molar-refractivity contribution is -0.137. The molecule has 6 nitrogen and oxygen atoms in total. The predicted octanol–water partition coefficient (Wildman–Crippen LogP) is 1.47. The van der Waals surface area contributed by atoms with Crippen LogP contribution in [0.25, 0.3) is 0 Å². The number of hydrogen-bond donors (Lipinski definition) is 1. The molecule has 3 aliphatic heterocycles. The van der Waals surface area contributed by atoms with Crippen molar-refractivity contribution in [1.29, 1.82) is 0 Å². The molecule has 1 N–H and O–H groups in total. The Morgan fingerprint density at radius 3 is 2.30 bits per heavy atom. The number of aromatic nitrogens is 1. The summed E-state index contributed by atoms with van der Waals surface area (Å²) in [5.41, 5.74) is -0.770. The van der Waals surface area contributed by atoms with Gasteiger partial charge in [-0.05, 0) is 18.6 Å². The number of hydrogen-bond acceptors (Lipinski definition) is 5. The monoisotopic (exact) mass is 433 g/mol. The first-order chi connectivity index (χ1) is 14.2. The fourth-order valence-electron chi connectivity index (χ4n) is 4.37. The van der Waals surface area contributed by atoms with E-state index in [1.165, 1.54) is 11.0 Å². The van der Waals surface area contributed by atoms with Crippen LogP contribution < -0.4 is 10.2 Å². The van der Waals surface area contributed by atoms with Gasteiger partial charge in [0, 0.05) is 45.0 Å². The van der Waals surface area contributed by atoms with Gasteiger partial charge in [0.15, 0.2) is 12.3 Å². The average Bonchev–Trinajstić information content (AvgIpc) is 3.34. The highest BCUT2D eigenvalue weighted by Gasteiger charge is 2.41. The van der Waals surface area contributed by atoms with E-state index in [1.807, 2.05) is 4.90 Å². The van der Waals surface area contributed by atoms with Crippen LogP contribution >= 0.6 is 0 Å².